The van der Waals surface area contributed by atoms with Gasteiger partial charge in [0.1, 0.15) is 0 Å². The first kappa shape index (κ1) is 13.3. The Kier molecular flexibility index (Phi) is 5.10. The summed E-state index contributed by atoms with van der Waals surface area (Å²) in [7, 11) is 0. The molecule has 0 saturated heterocycles. The molecule has 88 valence electrons. The Morgan fingerprint density at radius 3 is 2.56 bits per heavy atom. The Hall–Kier alpha value is -0.730. The molecule has 0 aliphatic carbocycles. The van der Waals surface area contributed by atoms with Crippen LogP contribution in [0.5, 0.6) is 0 Å². The Bertz CT molecular complexity index is 368. The van der Waals surface area contributed by atoms with Gasteiger partial charge in [-0.3, -0.25) is 4.79 Å². The zero-order valence-corrected chi connectivity index (χ0v) is 10.8. The number of amides is 1. The highest BCUT2D eigenvalue weighted by Crippen LogP contribution is 2.22. The van der Waals surface area contributed by atoms with Crippen LogP contribution in [0.3, 0.4) is 0 Å². The smallest absolute Gasteiger partial charge is 0.224 e. The van der Waals surface area contributed by atoms with Crippen molar-refractivity contribution in [1.82, 2.24) is 5.32 Å². The Balaban J connectivity index is 2.69. The third-order valence-electron chi connectivity index (χ3n) is 2.41. The highest BCUT2D eigenvalue weighted by molar-refractivity contribution is 6.31. The van der Waals surface area contributed by atoms with E-state index in [1.165, 1.54) is 0 Å². The number of hydrogen-bond donors (Lipinski definition) is 1. The number of carbonyl (C=O) groups excluding carboxylic acids is 1. The molecule has 4 heteroatoms. The standard InChI is InChI=1S/C12H15Cl2NO/c1-8(7-13)12(16)15-9(2)10-5-3-4-6-11(10)14/h3-6,8-9H,7H2,1-2H3,(H,15,16)/t8?,9-/m0/s1. The molecular weight excluding hydrogens is 245 g/mol. The highest BCUT2D eigenvalue weighted by Gasteiger charge is 2.16. The van der Waals surface area contributed by atoms with Crippen LogP contribution in [0.4, 0.5) is 0 Å². The Morgan fingerprint density at radius 2 is 2.00 bits per heavy atom. The second kappa shape index (κ2) is 6.12. The SMILES string of the molecule is CC(CCl)C(=O)N[C@@H](C)c1ccccc1Cl. The first-order valence-electron chi connectivity index (χ1n) is 5.17. The molecule has 0 saturated carbocycles. The van der Waals surface area contributed by atoms with Gasteiger partial charge in [0.2, 0.25) is 5.91 Å². The molecule has 1 aromatic carbocycles. The largest absolute Gasteiger partial charge is 0.349 e. The number of alkyl halides is 1. The van der Waals surface area contributed by atoms with E-state index in [9.17, 15) is 4.79 Å². The van der Waals surface area contributed by atoms with Gasteiger partial charge in [-0.2, -0.15) is 0 Å². The molecule has 1 N–H and O–H groups in total. The van der Waals surface area contributed by atoms with Crippen LogP contribution in [-0.2, 0) is 4.79 Å². The van der Waals surface area contributed by atoms with Gasteiger partial charge in [-0.15, -0.1) is 11.6 Å². The predicted octanol–water partition coefficient (Wildman–Crippen LogP) is 3.39. The number of carbonyl (C=O) groups is 1. The summed E-state index contributed by atoms with van der Waals surface area (Å²) >= 11 is 11.7. The molecule has 0 radical (unpaired) electrons. The minimum absolute atomic E-state index is 0.0533. The fourth-order valence-corrected chi connectivity index (χ4v) is 1.77. The molecule has 0 aromatic heterocycles. The summed E-state index contributed by atoms with van der Waals surface area (Å²) in [5.74, 6) is 0.0789. The van der Waals surface area contributed by atoms with E-state index >= 15 is 0 Å². The molecule has 0 aliphatic heterocycles. The minimum Gasteiger partial charge on any atom is -0.349 e. The molecular formula is C12H15Cl2NO. The summed E-state index contributed by atoms with van der Waals surface area (Å²) in [6, 6.07) is 7.37. The number of benzene rings is 1. The number of hydrogen-bond acceptors (Lipinski definition) is 1. The van der Waals surface area contributed by atoms with Gasteiger partial charge >= 0.3 is 0 Å². The number of rotatable bonds is 4. The van der Waals surface area contributed by atoms with Crippen molar-refractivity contribution in [3.8, 4) is 0 Å². The molecule has 16 heavy (non-hydrogen) atoms. The van der Waals surface area contributed by atoms with E-state index in [-0.39, 0.29) is 17.9 Å². The van der Waals surface area contributed by atoms with Gasteiger partial charge in [-0.25, -0.2) is 0 Å². The van der Waals surface area contributed by atoms with Crippen LogP contribution in [-0.4, -0.2) is 11.8 Å². The predicted molar refractivity (Wildman–Crippen MR) is 67.9 cm³/mol. The highest BCUT2D eigenvalue weighted by atomic mass is 35.5. The van der Waals surface area contributed by atoms with E-state index in [0.717, 1.165) is 5.56 Å². The first-order valence-corrected chi connectivity index (χ1v) is 6.08. The summed E-state index contributed by atoms with van der Waals surface area (Å²) in [6.45, 7) is 3.70. The van der Waals surface area contributed by atoms with E-state index in [4.69, 9.17) is 23.2 Å². The van der Waals surface area contributed by atoms with Crippen LogP contribution in [0, 0.1) is 5.92 Å². The lowest BCUT2D eigenvalue weighted by atomic mass is 10.1. The lowest BCUT2D eigenvalue weighted by Crippen LogP contribution is -2.32. The van der Waals surface area contributed by atoms with Gasteiger partial charge in [-0.1, -0.05) is 36.7 Å². The van der Waals surface area contributed by atoms with Crippen molar-refractivity contribution in [2.45, 2.75) is 19.9 Å². The van der Waals surface area contributed by atoms with Crippen LogP contribution < -0.4 is 5.32 Å². The van der Waals surface area contributed by atoms with E-state index in [1.54, 1.807) is 6.92 Å². The van der Waals surface area contributed by atoms with Gasteiger partial charge in [0.25, 0.3) is 0 Å². The van der Waals surface area contributed by atoms with Gasteiger partial charge in [0.05, 0.1) is 6.04 Å². The van der Waals surface area contributed by atoms with Crippen LogP contribution in [0.25, 0.3) is 0 Å². The monoisotopic (exact) mass is 259 g/mol. The fraction of sp³-hybridized carbons (Fsp3) is 0.417. The quantitative estimate of drug-likeness (QED) is 0.826. The third kappa shape index (κ3) is 3.39. The molecule has 2 atom stereocenters. The van der Waals surface area contributed by atoms with E-state index < -0.39 is 0 Å². The summed E-state index contributed by atoms with van der Waals surface area (Å²) in [5.41, 5.74) is 0.916. The lowest BCUT2D eigenvalue weighted by Gasteiger charge is -2.17. The third-order valence-corrected chi connectivity index (χ3v) is 3.22. The first-order chi connectivity index (χ1) is 7.56. The summed E-state index contributed by atoms with van der Waals surface area (Å²) in [4.78, 5) is 11.6. The molecule has 1 unspecified atom stereocenters. The Morgan fingerprint density at radius 1 is 1.38 bits per heavy atom. The topological polar surface area (TPSA) is 29.1 Å². The molecule has 0 aliphatic rings. The van der Waals surface area contributed by atoms with Crippen molar-refractivity contribution in [2.24, 2.45) is 5.92 Å². The lowest BCUT2D eigenvalue weighted by molar-refractivity contribution is -0.124. The maximum Gasteiger partial charge on any atom is 0.224 e. The number of nitrogens with one attached hydrogen (secondary N) is 1. The van der Waals surface area contributed by atoms with Crippen LogP contribution in [0.2, 0.25) is 5.02 Å². The molecule has 2 nitrogen and oxygen atoms in total. The van der Waals surface area contributed by atoms with Crippen molar-refractivity contribution in [3.63, 3.8) is 0 Å². The maximum atomic E-state index is 11.6. The van der Waals surface area contributed by atoms with Gasteiger partial charge in [0.15, 0.2) is 0 Å². The van der Waals surface area contributed by atoms with Gasteiger partial charge in [0, 0.05) is 16.8 Å². The van der Waals surface area contributed by atoms with Crippen molar-refractivity contribution in [3.05, 3.63) is 34.9 Å². The fourth-order valence-electron chi connectivity index (χ4n) is 1.33. The zero-order valence-electron chi connectivity index (χ0n) is 9.34. The summed E-state index contributed by atoms with van der Waals surface area (Å²) in [5, 5.41) is 3.54. The molecule has 1 aromatic rings. The second-order valence-corrected chi connectivity index (χ2v) is 4.52. The second-order valence-electron chi connectivity index (χ2n) is 3.81. The van der Waals surface area contributed by atoms with Gasteiger partial charge < -0.3 is 5.32 Å². The molecule has 1 amide bonds. The maximum absolute atomic E-state index is 11.6. The zero-order chi connectivity index (χ0) is 12.1. The molecule has 0 bridgehead atoms. The van der Waals surface area contributed by atoms with Crippen LogP contribution >= 0.6 is 23.2 Å². The van der Waals surface area contributed by atoms with Crippen molar-refractivity contribution < 1.29 is 4.79 Å². The molecule has 0 fully saturated rings. The molecule has 0 heterocycles. The normalized spacial score (nSPS) is 14.2. The van der Waals surface area contributed by atoms with Crippen molar-refractivity contribution >= 4 is 29.1 Å². The average Bonchev–Trinajstić information content (AvgIpc) is 2.28. The molecule has 0 spiro atoms. The number of halogens is 2. The minimum atomic E-state index is -0.188. The van der Waals surface area contributed by atoms with E-state index in [0.29, 0.717) is 10.9 Å². The van der Waals surface area contributed by atoms with Crippen LogP contribution in [0.1, 0.15) is 25.5 Å². The average molecular weight is 260 g/mol. The summed E-state index contributed by atoms with van der Waals surface area (Å²) < 4.78 is 0. The van der Waals surface area contributed by atoms with Crippen molar-refractivity contribution in [2.75, 3.05) is 5.88 Å². The van der Waals surface area contributed by atoms with Crippen molar-refractivity contribution in [1.29, 1.82) is 0 Å². The Labute approximate surface area is 106 Å². The van der Waals surface area contributed by atoms with E-state index in [1.807, 2.05) is 31.2 Å². The van der Waals surface area contributed by atoms with E-state index in [2.05, 4.69) is 5.32 Å². The van der Waals surface area contributed by atoms with Gasteiger partial charge in [-0.05, 0) is 18.6 Å². The van der Waals surface area contributed by atoms with Crippen LogP contribution in [0.15, 0.2) is 24.3 Å². The summed E-state index contributed by atoms with van der Waals surface area (Å²) in [6.07, 6.45) is 0. The molecule has 1 rings (SSSR count).